The minimum absolute atomic E-state index is 0.0111. The molecule has 1 heterocycles. The first kappa shape index (κ1) is 17.3. The first-order valence-electron chi connectivity index (χ1n) is 8.52. The summed E-state index contributed by atoms with van der Waals surface area (Å²) >= 11 is 0. The number of halogens is 2. The van der Waals surface area contributed by atoms with Crippen molar-refractivity contribution < 1.29 is 18.5 Å². The van der Waals surface area contributed by atoms with Crippen molar-refractivity contribution in [3.8, 4) is 0 Å². The van der Waals surface area contributed by atoms with Crippen LogP contribution in [0.15, 0.2) is 47.5 Å². The van der Waals surface area contributed by atoms with Crippen molar-refractivity contribution in [2.45, 2.75) is 19.1 Å². The summed E-state index contributed by atoms with van der Waals surface area (Å²) in [6.45, 7) is 0.310. The number of hydrogen-bond donors (Lipinski definition) is 0. The van der Waals surface area contributed by atoms with E-state index in [0.29, 0.717) is 12.2 Å². The van der Waals surface area contributed by atoms with E-state index in [9.17, 15) is 23.7 Å². The highest BCUT2D eigenvalue weighted by Crippen LogP contribution is 2.36. The predicted octanol–water partition coefficient (Wildman–Crippen LogP) is 3.62. The number of benzodiazepines with no additional fused rings is 1. The maximum atomic E-state index is 14.6. The number of amides is 1. The minimum Gasteiger partial charge on any atom is -0.307 e. The first-order chi connectivity index (χ1) is 13.0. The van der Waals surface area contributed by atoms with E-state index in [1.165, 1.54) is 41.3 Å². The molecule has 1 saturated carbocycles. The van der Waals surface area contributed by atoms with Crippen molar-refractivity contribution in [2.75, 3.05) is 11.4 Å². The molecule has 0 spiro atoms. The molecule has 4 rings (SSSR count). The number of alkyl halides is 1. The maximum Gasteiger partial charge on any atom is 0.284 e. The molecule has 0 saturated heterocycles. The second-order valence-corrected chi connectivity index (χ2v) is 6.64. The normalized spacial score (nSPS) is 19.3. The van der Waals surface area contributed by atoms with E-state index in [2.05, 4.69) is 4.99 Å². The molecule has 0 aromatic heterocycles. The van der Waals surface area contributed by atoms with E-state index in [1.807, 2.05) is 0 Å². The van der Waals surface area contributed by atoms with Crippen molar-refractivity contribution in [3.05, 3.63) is 69.5 Å². The fraction of sp³-hybridized carbons (Fsp3) is 0.263. The zero-order valence-electron chi connectivity index (χ0n) is 14.1. The number of carbonyl (C=O) groups is 1. The molecule has 1 aliphatic heterocycles. The van der Waals surface area contributed by atoms with Gasteiger partial charge >= 0.3 is 0 Å². The Morgan fingerprint density at radius 2 is 1.93 bits per heavy atom. The lowest BCUT2D eigenvalue weighted by Gasteiger charge is -2.23. The molecule has 6 nitrogen and oxygen atoms in total. The van der Waals surface area contributed by atoms with E-state index in [0.717, 1.165) is 12.8 Å². The summed E-state index contributed by atoms with van der Waals surface area (Å²) < 4.78 is 29.0. The number of hydrogen-bond acceptors (Lipinski definition) is 4. The fourth-order valence-electron chi connectivity index (χ4n) is 3.16. The highest BCUT2D eigenvalue weighted by Gasteiger charge is 2.36. The smallest absolute Gasteiger partial charge is 0.284 e. The number of carbonyl (C=O) groups excluding carboxylic acids is 1. The molecular weight excluding hydrogens is 356 g/mol. The number of nitrogens with zero attached hydrogens (tertiary/aromatic N) is 3. The van der Waals surface area contributed by atoms with Gasteiger partial charge in [0.15, 0.2) is 0 Å². The molecule has 2 aliphatic rings. The van der Waals surface area contributed by atoms with Gasteiger partial charge in [-0.25, -0.2) is 13.8 Å². The van der Waals surface area contributed by atoms with Crippen LogP contribution in [0.3, 0.4) is 0 Å². The lowest BCUT2D eigenvalue weighted by atomic mass is 9.99. The quantitative estimate of drug-likeness (QED) is 0.468. The third-order valence-electron chi connectivity index (χ3n) is 4.72. The van der Waals surface area contributed by atoms with E-state index in [4.69, 9.17) is 0 Å². The summed E-state index contributed by atoms with van der Waals surface area (Å²) in [5, 5.41) is 11.2. The Kier molecular flexibility index (Phi) is 4.18. The SMILES string of the molecule is O=C1C(F)N=C(c2ccccc2F)c2cc([N+](=O)[O-])ccc2N1CC1CC1. The van der Waals surface area contributed by atoms with Crippen molar-refractivity contribution in [2.24, 2.45) is 10.9 Å². The topological polar surface area (TPSA) is 75.8 Å². The zero-order valence-corrected chi connectivity index (χ0v) is 14.1. The molecule has 138 valence electrons. The van der Waals surface area contributed by atoms with E-state index in [1.54, 1.807) is 6.07 Å². The van der Waals surface area contributed by atoms with Gasteiger partial charge in [-0.1, -0.05) is 12.1 Å². The zero-order chi connectivity index (χ0) is 19.1. The summed E-state index contributed by atoms with van der Waals surface area (Å²) in [6, 6.07) is 9.50. The molecule has 0 bridgehead atoms. The van der Waals surface area contributed by atoms with E-state index in [-0.39, 0.29) is 28.4 Å². The van der Waals surface area contributed by atoms with Crippen molar-refractivity contribution in [3.63, 3.8) is 0 Å². The van der Waals surface area contributed by atoms with Gasteiger partial charge in [0.25, 0.3) is 17.9 Å². The second-order valence-electron chi connectivity index (χ2n) is 6.64. The monoisotopic (exact) mass is 371 g/mol. The number of benzene rings is 2. The summed E-state index contributed by atoms with van der Waals surface area (Å²) in [6.07, 6.45) is -0.335. The molecule has 8 heteroatoms. The molecule has 2 aromatic carbocycles. The van der Waals surface area contributed by atoms with Gasteiger partial charge in [0.1, 0.15) is 5.82 Å². The summed E-state index contributed by atoms with van der Waals surface area (Å²) in [4.78, 5) is 28.3. The van der Waals surface area contributed by atoms with Gasteiger partial charge in [-0.2, -0.15) is 0 Å². The summed E-state index contributed by atoms with van der Waals surface area (Å²) in [5.74, 6) is -1.23. The van der Waals surface area contributed by atoms with Gasteiger partial charge in [-0.15, -0.1) is 0 Å². The Balaban J connectivity index is 1.94. The number of anilines is 1. The van der Waals surface area contributed by atoms with Crippen LogP contribution in [0, 0.1) is 21.8 Å². The van der Waals surface area contributed by atoms with Crippen LogP contribution in [0.25, 0.3) is 0 Å². The van der Waals surface area contributed by atoms with Crippen molar-refractivity contribution in [1.82, 2.24) is 0 Å². The lowest BCUT2D eigenvalue weighted by Crippen LogP contribution is -2.37. The number of non-ortho nitro benzene ring substituents is 1. The van der Waals surface area contributed by atoms with Crippen LogP contribution < -0.4 is 4.90 Å². The van der Waals surface area contributed by atoms with Crippen LogP contribution >= 0.6 is 0 Å². The molecule has 0 N–H and O–H groups in total. The summed E-state index contributed by atoms with van der Waals surface area (Å²) in [5.41, 5.74) is 0.117. The Morgan fingerprint density at radius 1 is 1.19 bits per heavy atom. The van der Waals surface area contributed by atoms with Crippen LogP contribution in [0.5, 0.6) is 0 Å². The molecule has 27 heavy (non-hydrogen) atoms. The van der Waals surface area contributed by atoms with Crippen LogP contribution in [0.2, 0.25) is 0 Å². The Bertz CT molecular complexity index is 972. The third kappa shape index (κ3) is 3.18. The van der Waals surface area contributed by atoms with E-state index < -0.39 is 22.9 Å². The minimum atomic E-state index is -2.20. The standard InChI is InChI=1S/C19H15F2N3O3/c20-15-4-2-1-3-13(15)17-14-9-12(24(26)27)7-8-16(14)23(10-11-5-6-11)19(25)18(21)22-17/h1-4,7-9,11,18H,5-6,10H2. The number of aliphatic imine (C=N–C) groups is 1. The molecule has 1 aliphatic carbocycles. The summed E-state index contributed by atoms with van der Waals surface area (Å²) in [7, 11) is 0. The molecule has 0 radical (unpaired) electrons. The maximum absolute atomic E-state index is 14.6. The van der Waals surface area contributed by atoms with Crippen LogP contribution in [0.4, 0.5) is 20.2 Å². The van der Waals surface area contributed by atoms with Crippen LogP contribution in [-0.4, -0.2) is 29.4 Å². The number of rotatable bonds is 4. The third-order valence-corrected chi connectivity index (χ3v) is 4.72. The Hall–Kier alpha value is -3.16. The average molecular weight is 371 g/mol. The van der Waals surface area contributed by atoms with Gasteiger partial charge in [0.05, 0.1) is 16.3 Å². The Morgan fingerprint density at radius 3 is 2.59 bits per heavy atom. The van der Waals surface area contributed by atoms with Crippen LogP contribution in [0.1, 0.15) is 24.0 Å². The average Bonchev–Trinajstić information content (AvgIpc) is 3.48. The largest absolute Gasteiger partial charge is 0.307 e. The molecule has 1 amide bonds. The van der Waals surface area contributed by atoms with Crippen molar-refractivity contribution in [1.29, 1.82) is 0 Å². The number of nitro groups is 1. The van der Waals surface area contributed by atoms with Gasteiger partial charge in [-0.05, 0) is 37.0 Å². The number of fused-ring (bicyclic) bond motifs is 1. The molecule has 1 atom stereocenters. The first-order valence-corrected chi connectivity index (χ1v) is 8.52. The highest BCUT2D eigenvalue weighted by molar-refractivity contribution is 6.20. The van der Waals surface area contributed by atoms with Gasteiger partial charge < -0.3 is 4.90 Å². The second kappa shape index (κ2) is 6.53. The van der Waals surface area contributed by atoms with E-state index >= 15 is 0 Å². The predicted molar refractivity (Wildman–Crippen MR) is 95.1 cm³/mol. The molecule has 1 unspecified atom stereocenters. The fourth-order valence-corrected chi connectivity index (χ4v) is 3.16. The number of nitro benzene ring substituents is 1. The van der Waals surface area contributed by atoms with Gasteiger partial charge in [-0.3, -0.25) is 14.9 Å². The lowest BCUT2D eigenvalue weighted by molar-refractivity contribution is -0.384. The van der Waals surface area contributed by atoms with Gasteiger partial charge in [0.2, 0.25) is 0 Å². The highest BCUT2D eigenvalue weighted by atomic mass is 19.1. The van der Waals surface area contributed by atoms with Crippen LogP contribution in [-0.2, 0) is 4.79 Å². The Labute approximate surface area is 153 Å². The van der Waals surface area contributed by atoms with Gasteiger partial charge in [0, 0.05) is 29.8 Å². The molecule has 1 fully saturated rings. The molecular formula is C19H15F2N3O3. The molecule has 2 aromatic rings. The van der Waals surface area contributed by atoms with Crippen molar-refractivity contribution >= 4 is 23.0 Å².